The highest BCUT2D eigenvalue weighted by atomic mass is 32.2. The zero-order chi connectivity index (χ0) is 16.9. The van der Waals surface area contributed by atoms with E-state index in [1.165, 1.54) is 0 Å². The van der Waals surface area contributed by atoms with E-state index in [4.69, 9.17) is 4.74 Å². The van der Waals surface area contributed by atoms with Crippen molar-refractivity contribution >= 4 is 21.8 Å². The van der Waals surface area contributed by atoms with Crippen molar-refractivity contribution in [1.29, 1.82) is 0 Å². The van der Waals surface area contributed by atoms with Crippen LogP contribution in [0, 0.1) is 0 Å². The van der Waals surface area contributed by atoms with Gasteiger partial charge in [0.15, 0.2) is 0 Å². The van der Waals surface area contributed by atoms with Crippen LogP contribution in [0.15, 0.2) is 58.3 Å². The molecule has 0 fully saturated rings. The lowest BCUT2D eigenvalue weighted by molar-refractivity contribution is 0.340. The van der Waals surface area contributed by atoms with Crippen molar-refractivity contribution in [2.75, 3.05) is 12.9 Å². The van der Waals surface area contributed by atoms with Crippen LogP contribution < -0.4 is 9.46 Å². The van der Waals surface area contributed by atoms with E-state index in [0.29, 0.717) is 6.61 Å². The number of sulfonamides is 1. The number of hydrogen-bond donors (Lipinski definition) is 1. The van der Waals surface area contributed by atoms with Gasteiger partial charge in [-0.25, -0.2) is 13.1 Å². The van der Waals surface area contributed by atoms with E-state index < -0.39 is 10.0 Å². The Morgan fingerprint density at radius 1 is 1.09 bits per heavy atom. The van der Waals surface area contributed by atoms with Gasteiger partial charge in [0.05, 0.1) is 11.5 Å². The normalized spacial score (nSPS) is 12.8. The molecular formula is C17H21NO3S2. The molecule has 0 aliphatic heterocycles. The maximum atomic E-state index is 12.4. The molecule has 0 radical (unpaired) electrons. The van der Waals surface area contributed by atoms with Gasteiger partial charge >= 0.3 is 0 Å². The van der Waals surface area contributed by atoms with Crippen molar-refractivity contribution in [3.05, 3.63) is 54.1 Å². The zero-order valence-corrected chi connectivity index (χ0v) is 15.1. The van der Waals surface area contributed by atoms with Crippen molar-refractivity contribution in [3.63, 3.8) is 0 Å². The van der Waals surface area contributed by atoms with Gasteiger partial charge in [-0.3, -0.25) is 0 Å². The lowest BCUT2D eigenvalue weighted by Crippen LogP contribution is -2.26. The average molecular weight is 351 g/mol. The van der Waals surface area contributed by atoms with Gasteiger partial charge in [0.2, 0.25) is 10.0 Å². The van der Waals surface area contributed by atoms with Crippen LogP contribution in [0.5, 0.6) is 5.75 Å². The summed E-state index contributed by atoms with van der Waals surface area (Å²) in [7, 11) is -3.54. The minimum Gasteiger partial charge on any atom is -0.494 e. The molecule has 0 unspecified atom stereocenters. The maximum absolute atomic E-state index is 12.4. The Bertz CT molecular complexity index is 725. The standard InChI is InChI=1S/C17H21NO3S2/c1-4-21-15-7-5-14(6-8-15)13(2)18-23(19,20)17-11-9-16(22-3)10-12-17/h5-13,18H,4H2,1-3H3/t13-/m0/s1. The second-order valence-electron chi connectivity index (χ2n) is 5.02. The Hall–Kier alpha value is -1.50. The minimum atomic E-state index is -3.54. The lowest BCUT2D eigenvalue weighted by atomic mass is 10.1. The molecule has 2 aromatic rings. The average Bonchev–Trinajstić information content (AvgIpc) is 2.55. The Labute approximate surface area is 142 Å². The molecule has 0 heterocycles. The van der Waals surface area contributed by atoms with Crippen molar-refractivity contribution in [3.8, 4) is 5.75 Å². The monoisotopic (exact) mass is 351 g/mol. The van der Waals surface area contributed by atoms with Gasteiger partial charge in [-0.1, -0.05) is 12.1 Å². The van der Waals surface area contributed by atoms with Crippen LogP contribution >= 0.6 is 11.8 Å². The van der Waals surface area contributed by atoms with Gasteiger partial charge in [-0.15, -0.1) is 11.8 Å². The number of rotatable bonds is 7. The number of thioether (sulfide) groups is 1. The van der Waals surface area contributed by atoms with Gasteiger partial charge in [-0.05, 0) is 62.1 Å². The number of benzene rings is 2. The van der Waals surface area contributed by atoms with E-state index in [-0.39, 0.29) is 10.9 Å². The van der Waals surface area contributed by atoms with Crippen molar-refractivity contribution in [1.82, 2.24) is 4.72 Å². The molecule has 2 rings (SSSR count). The van der Waals surface area contributed by atoms with Crippen LogP contribution in [0.2, 0.25) is 0 Å². The van der Waals surface area contributed by atoms with E-state index in [1.807, 2.05) is 44.4 Å². The van der Waals surface area contributed by atoms with Crippen LogP contribution in [-0.2, 0) is 10.0 Å². The largest absolute Gasteiger partial charge is 0.494 e. The van der Waals surface area contributed by atoms with E-state index in [2.05, 4.69) is 4.72 Å². The Morgan fingerprint density at radius 3 is 2.22 bits per heavy atom. The predicted octanol–water partition coefficient (Wildman–Crippen LogP) is 3.85. The van der Waals surface area contributed by atoms with E-state index in [0.717, 1.165) is 16.2 Å². The molecule has 23 heavy (non-hydrogen) atoms. The van der Waals surface area contributed by atoms with Crippen LogP contribution in [-0.4, -0.2) is 21.3 Å². The van der Waals surface area contributed by atoms with Gasteiger partial charge in [0.1, 0.15) is 5.75 Å². The van der Waals surface area contributed by atoms with Crippen LogP contribution in [0.25, 0.3) is 0 Å². The molecule has 6 heteroatoms. The fraction of sp³-hybridized carbons (Fsp3) is 0.294. The summed E-state index contributed by atoms with van der Waals surface area (Å²) in [5.74, 6) is 0.777. The fourth-order valence-corrected chi connectivity index (χ4v) is 3.78. The Kier molecular flexibility index (Phi) is 6.10. The molecule has 0 bridgehead atoms. The summed E-state index contributed by atoms with van der Waals surface area (Å²) in [4.78, 5) is 1.30. The van der Waals surface area contributed by atoms with E-state index >= 15 is 0 Å². The lowest BCUT2D eigenvalue weighted by Gasteiger charge is -2.15. The summed E-state index contributed by atoms with van der Waals surface area (Å²) in [6.07, 6.45) is 1.95. The van der Waals surface area contributed by atoms with Gasteiger partial charge < -0.3 is 4.74 Å². The molecule has 1 N–H and O–H groups in total. The van der Waals surface area contributed by atoms with Crippen molar-refractivity contribution in [2.45, 2.75) is 29.7 Å². The third-order valence-electron chi connectivity index (χ3n) is 3.39. The van der Waals surface area contributed by atoms with E-state index in [1.54, 1.807) is 36.0 Å². The van der Waals surface area contributed by atoms with Crippen molar-refractivity contribution in [2.24, 2.45) is 0 Å². The summed E-state index contributed by atoms with van der Waals surface area (Å²) in [5.41, 5.74) is 0.887. The Morgan fingerprint density at radius 2 is 1.70 bits per heavy atom. The summed E-state index contributed by atoms with van der Waals surface area (Å²) in [5, 5.41) is 0. The molecule has 0 aliphatic rings. The predicted molar refractivity (Wildman–Crippen MR) is 94.6 cm³/mol. The first-order valence-corrected chi connectivity index (χ1v) is 10.1. The fourth-order valence-electron chi connectivity index (χ4n) is 2.14. The first kappa shape index (κ1) is 17.8. The molecule has 0 aliphatic carbocycles. The smallest absolute Gasteiger partial charge is 0.241 e. The molecule has 4 nitrogen and oxygen atoms in total. The number of ether oxygens (including phenoxy) is 1. The number of nitrogens with one attached hydrogen (secondary N) is 1. The first-order valence-electron chi connectivity index (χ1n) is 7.35. The molecule has 0 saturated carbocycles. The topological polar surface area (TPSA) is 55.4 Å². The quantitative estimate of drug-likeness (QED) is 0.770. The van der Waals surface area contributed by atoms with Crippen LogP contribution in [0.4, 0.5) is 0 Å². The highest BCUT2D eigenvalue weighted by Crippen LogP contribution is 2.21. The highest BCUT2D eigenvalue weighted by Gasteiger charge is 2.18. The van der Waals surface area contributed by atoms with Gasteiger partial charge in [0, 0.05) is 10.9 Å². The molecule has 0 aromatic heterocycles. The third-order valence-corrected chi connectivity index (χ3v) is 5.69. The van der Waals surface area contributed by atoms with Crippen molar-refractivity contribution < 1.29 is 13.2 Å². The van der Waals surface area contributed by atoms with E-state index in [9.17, 15) is 8.42 Å². The second-order valence-corrected chi connectivity index (χ2v) is 7.61. The van der Waals surface area contributed by atoms with Crippen LogP contribution in [0.3, 0.4) is 0 Å². The molecular weight excluding hydrogens is 330 g/mol. The SMILES string of the molecule is CCOc1ccc([C@H](C)NS(=O)(=O)c2ccc(SC)cc2)cc1. The third kappa shape index (κ3) is 4.73. The molecule has 2 aromatic carbocycles. The van der Waals surface area contributed by atoms with Gasteiger partial charge in [0.25, 0.3) is 0 Å². The molecule has 0 spiro atoms. The summed E-state index contributed by atoms with van der Waals surface area (Å²) < 4.78 is 33.0. The molecule has 0 amide bonds. The zero-order valence-electron chi connectivity index (χ0n) is 13.4. The maximum Gasteiger partial charge on any atom is 0.241 e. The summed E-state index contributed by atoms with van der Waals surface area (Å²) in [6.45, 7) is 4.35. The highest BCUT2D eigenvalue weighted by molar-refractivity contribution is 7.98. The Balaban J connectivity index is 2.12. The molecule has 124 valence electrons. The minimum absolute atomic E-state index is 0.271. The summed E-state index contributed by atoms with van der Waals surface area (Å²) in [6, 6.07) is 14.0. The van der Waals surface area contributed by atoms with Gasteiger partial charge in [-0.2, -0.15) is 0 Å². The summed E-state index contributed by atoms with van der Waals surface area (Å²) >= 11 is 1.58. The second kappa shape index (κ2) is 7.86. The van der Waals surface area contributed by atoms with Crippen LogP contribution in [0.1, 0.15) is 25.5 Å². The molecule has 0 saturated heterocycles. The molecule has 1 atom stereocenters. The first-order chi connectivity index (χ1) is 11.0. The number of hydrogen-bond acceptors (Lipinski definition) is 4.